The third-order valence-corrected chi connectivity index (χ3v) is 4.32. The number of nitrogens with one attached hydrogen (secondary N) is 1. The van der Waals surface area contributed by atoms with Crippen molar-refractivity contribution in [2.24, 2.45) is 5.41 Å². The number of carbonyl (C=O) groups excluding carboxylic acids is 1. The van der Waals surface area contributed by atoms with Crippen molar-refractivity contribution >= 4 is 23.2 Å². The van der Waals surface area contributed by atoms with Crippen LogP contribution < -0.4 is 5.32 Å². The number of aromatic nitrogens is 1. The molecule has 98 valence electrons. The number of aliphatic carboxylic acids is 1. The minimum atomic E-state index is -1.18. The summed E-state index contributed by atoms with van der Waals surface area (Å²) in [6.07, 6.45) is 1.57. The molecule has 1 aliphatic carbocycles. The topological polar surface area (TPSA) is 79.3 Å². The first kappa shape index (κ1) is 13.0. The maximum atomic E-state index is 12.0. The standard InChI is InChI=1S/C12H16N2O3S/c1-3-8(9-13-7(2)6-18-9)14-10(15)12(4-5-12)11(16)17/h6,8H,3-5H2,1-2H3,(H,14,15)(H,16,17)/t8-/m0/s1. The van der Waals surface area contributed by atoms with Gasteiger partial charge in [-0.3, -0.25) is 9.59 Å². The van der Waals surface area contributed by atoms with E-state index in [4.69, 9.17) is 5.11 Å². The molecule has 2 rings (SSSR count). The summed E-state index contributed by atoms with van der Waals surface area (Å²) in [6.45, 7) is 3.84. The molecule has 1 aromatic rings. The molecular weight excluding hydrogens is 252 g/mol. The van der Waals surface area contributed by atoms with E-state index in [0.29, 0.717) is 19.3 Å². The molecule has 0 saturated heterocycles. The summed E-state index contributed by atoms with van der Waals surface area (Å²) in [6, 6.07) is -0.187. The third-order valence-electron chi connectivity index (χ3n) is 3.24. The number of hydrogen-bond acceptors (Lipinski definition) is 4. The van der Waals surface area contributed by atoms with Gasteiger partial charge in [0.05, 0.1) is 6.04 Å². The molecule has 1 aromatic heterocycles. The summed E-state index contributed by atoms with van der Waals surface area (Å²) >= 11 is 1.49. The highest BCUT2D eigenvalue weighted by Crippen LogP contribution is 2.46. The maximum Gasteiger partial charge on any atom is 0.319 e. The molecule has 0 spiro atoms. The summed E-state index contributed by atoms with van der Waals surface area (Å²) < 4.78 is 0. The number of rotatable bonds is 5. The smallest absolute Gasteiger partial charge is 0.319 e. The van der Waals surface area contributed by atoms with Crippen LogP contribution in [-0.2, 0) is 9.59 Å². The van der Waals surface area contributed by atoms with Gasteiger partial charge in [0.15, 0.2) is 0 Å². The van der Waals surface area contributed by atoms with Crippen LogP contribution in [0.5, 0.6) is 0 Å². The number of aryl methyl sites for hydroxylation is 1. The molecule has 0 bridgehead atoms. The Kier molecular flexibility index (Phi) is 3.38. The first-order chi connectivity index (χ1) is 8.49. The molecule has 1 saturated carbocycles. The highest BCUT2D eigenvalue weighted by Gasteiger charge is 2.57. The number of thiazole rings is 1. The van der Waals surface area contributed by atoms with E-state index in [0.717, 1.165) is 10.7 Å². The van der Waals surface area contributed by atoms with Crippen molar-refractivity contribution in [2.75, 3.05) is 0 Å². The Balaban J connectivity index is 2.08. The molecule has 0 unspecified atom stereocenters. The van der Waals surface area contributed by atoms with Gasteiger partial charge in [-0.05, 0) is 26.2 Å². The Morgan fingerprint density at radius 1 is 1.61 bits per heavy atom. The lowest BCUT2D eigenvalue weighted by atomic mass is 10.1. The Morgan fingerprint density at radius 2 is 2.28 bits per heavy atom. The van der Waals surface area contributed by atoms with E-state index in [1.165, 1.54) is 11.3 Å². The zero-order valence-electron chi connectivity index (χ0n) is 10.4. The van der Waals surface area contributed by atoms with Crippen molar-refractivity contribution in [1.29, 1.82) is 0 Å². The molecule has 1 atom stereocenters. The largest absolute Gasteiger partial charge is 0.480 e. The van der Waals surface area contributed by atoms with Crippen molar-refractivity contribution in [3.8, 4) is 0 Å². The zero-order chi connectivity index (χ0) is 13.3. The Morgan fingerprint density at radius 3 is 2.67 bits per heavy atom. The van der Waals surface area contributed by atoms with E-state index in [1.54, 1.807) is 0 Å². The lowest BCUT2D eigenvalue weighted by molar-refractivity contribution is -0.149. The monoisotopic (exact) mass is 268 g/mol. The molecule has 2 N–H and O–H groups in total. The molecule has 0 radical (unpaired) electrons. The average Bonchev–Trinajstić information content (AvgIpc) is 3.04. The first-order valence-electron chi connectivity index (χ1n) is 5.96. The van der Waals surface area contributed by atoms with Crippen molar-refractivity contribution in [2.45, 2.75) is 39.2 Å². The molecule has 18 heavy (non-hydrogen) atoms. The fraction of sp³-hybridized carbons (Fsp3) is 0.583. The molecule has 0 aliphatic heterocycles. The van der Waals surface area contributed by atoms with Crippen LogP contribution >= 0.6 is 11.3 Å². The number of carboxylic acid groups (broad SMARTS) is 1. The fourth-order valence-corrected chi connectivity index (χ4v) is 2.76. The first-order valence-corrected chi connectivity index (χ1v) is 6.84. The van der Waals surface area contributed by atoms with Gasteiger partial charge >= 0.3 is 5.97 Å². The average molecular weight is 268 g/mol. The van der Waals surface area contributed by atoms with Gasteiger partial charge in [-0.1, -0.05) is 6.92 Å². The van der Waals surface area contributed by atoms with Gasteiger partial charge in [0, 0.05) is 11.1 Å². The van der Waals surface area contributed by atoms with Gasteiger partial charge in [0.1, 0.15) is 10.4 Å². The molecule has 0 aromatic carbocycles. The number of nitrogens with zero attached hydrogens (tertiary/aromatic N) is 1. The summed E-state index contributed by atoms with van der Waals surface area (Å²) in [5.41, 5.74) is -0.262. The number of hydrogen-bond donors (Lipinski definition) is 2. The molecular formula is C12H16N2O3S. The third kappa shape index (κ3) is 2.25. The maximum absolute atomic E-state index is 12.0. The predicted octanol–water partition coefficient (Wildman–Crippen LogP) is 1.88. The summed E-state index contributed by atoms with van der Waals surface area (Å²) in [5.74, 6) is -1.40. The highest BCUT2D eigenvalue weighted by atomic mass is 32.1. The summed E-state index contributed by atoms with van der Waals surface area (Å²) in [7, 11) is 0. The summed E-state index contributed by atoms with van der Waals surface area (Å²) in [4.78, 5) is 27.4. The van der Waals surface area contributed by atoms with E-state index in [9.17, 15) is 9.59 Å². The molecule has 1 fully saturated rings. The van der Waals surface area contributed by atoms with Crippen molar-refractivity contribution in [3.05, 3.63) is 16.1 Å². The van der Waals surface area contributed by atoms with E-state index in [2.05, 4.69) is 10.3 Å². The van der Waals surface area contributed by atoms with Crippen LogP contribution in [0.15, 0.2) is 5.38 Å². The van der Waals surface area contributed by atoms with Crippen LogP contribution in [0.25, 0.3) is 0 Å². The van der Waals surface area contributed by atoms with Gasteiger partial charge in [0.25, 0.3) is 0 Å². The fourth-order valence-electron chi connectivity index (χ4n) is 1.83. The van der Waals surface area contributed by atoms with Gasteiger partial charge < -0.3 is 10.4 Å². The molecule has 1 aliphatic rings. The predicted molar refractivity (Wildman–Crippen MR) is 67.3 cm³/mol. The molecule has 5 nitrogen and oxygen atoms in total. The van der Waals surface area contributed by atoms with Gasteiger partial charge in [0.2, 0.25) is 5.91 Å². The lowest BCUT2D eigenvalue weighted by Crippen LogP contribution is -2.39. The van der Waals surface area contributed by atoms with Crippen molar-refractivity contribution < 1.29 is 14.7 Å². The van der Waals surface area contributed by atoms with E-state index in [-0.39, 0.29) is 11.9 Å². The van der Waals surface area contributed by atoms with Gasteiger partial charge in [-0.2, -0.15) is 0 Å². The van der Waals surface area contributed by atoms with E-state index < -0.39 is 11.4 Å². The normalized spacial score (nSPS) is 18.1. The van der Waals surface area contributed by atoms with Crippen LogP contribution in [-0.4, -0.2) is 22.0 Å². The van der Waals surface area contributed by atoms with Gasteiger partial charge in [-0.25, -0.2) is 4.98 Å². The second kappa shape index (κ2) is 4.68. The molecule has 6 heteroatoms. The highest BCUT2D eigenvalue weighted by molar-refractivity contribution is 7.09. The molecule has 1 heterocycles. The van der Waals surface area contributed by atoms with Crippen LogP contribution in [0.1, 0.15) is 42.9 Å². The van der Waals surface area contributed by atoms with E-state index in [1.807, 2.05) is 19.2 Å². The Hall–Kier alpha value is -1.43. The zero-order valence-corrected chi connectivity index (χ0v) is 11.2. The minimum absolute atomic E-state index is 0.187. The molecule has 1 amide bonds. The van der Waals surface area contributed by atoms with Crippen LogP contribution in [0.3, 0.4) is 0 Å². The SMILES string of the molecule is CC[C@H](NC(=O)C1(C(=O)O)CC1)c1nc(C)cs1. The summed E-state index contributed by atoms with van der Waals surface area (Å²) in [5, 5.41) is 14.6. The van der Waals surface area contributed by atoms with Crippen LogP contribution in [0.4, 0.5) is 0 Å². The second-order valence-corrected chi connectivity index (χ2v) is 5.54. The number of carboxylic acids is 1. The Labute approximate surface area is 109 Å². The van der Waals surface area contributed by atoms with E-state index >= 15 is 0 Å². The van der Waals surface area contributed by atoms with Crippen molar-refractivity contribution in [1.82, 2.24) is 10.3 Å². The van der Waals surface area contributed by atoms with Gasteiger partial charge in [-0.15, -0.1) is 11.3 Å². The lowest BCUT2D eigenvalue weighted by Gasteiger charge is -2.17. The second-order valence-electron chi connectivity index (χ2n) is 4.65. The van der Waals surface area contributed by atoms with Crippen molar-refractivity contribution in [3.63, 3.8) is 0 Å². The quantitative estimate of drug-likeness (QED) is 0.799. The number of carbonyl (C=O) groups is 2. The number of amides is 1. The van der Waals surface area contributed by atoms with Crippen LogP contribution in [0, 0.1) is 12.3 Å². The Bertz CT molecular complexity index is 479. The van der Waals surface area contributed by atoms with Crippen LogP contribution in [0.2, 0.25) is 0 Å². The minimum Gasteiger partial charge on any atom is -0.480 e.